The molecule has 42 heavy (non-hydrogen) atoms. The van der Waals surface area contributed by atoms with E-state index in [0.29, 0.717) is 23.0 Å². The molecular formula is C28H27N3O10S. The number of nitrogens with zero attached hydrogens (tertiary/aromatic N) is 2. The minimum atomic E-state index is -4.28. The number of amides is 1. The zero-order chi connectivity index (χ0) is 30.2. The molecule has 2 aromatic rings. The lowest BCUT2D eigenvalue weighted by molar-refractivity contribution is -0.385. The Balaban J connectivity index is 1.48. The third-order valence-electron chi connectivity index (χ3n) is 7.29. The van der Waals surface area contributed by atoms with Gasteiger partial charge in [-0.15, -0.1) is 0 Å². The number of fused-ring (bicyclic) bond motifs is 1. The number of hydrogen-bond donors (Lipinski definition) is 1. The van der Waals surface area contributed by atoms with Crippen molar-refractivity contribution in [1.82, 2.24) is 9.62 Å². The minimum Gasteiger partial charge on any atom is -0.459 e. The van der Waals surface area contributed by atoms with E-state index in [4.69, 9.17) is 14.2 Å². The van der Waals surface area contributed by atoms with E-state index in [1.54, 1.807) is 6.92 Å². The first-order valence-corrected chi connectivity index (χ1v) is 14.5. The van der Waals surface area contributed by atoms with Crippen LogP contribution in [0.15, 0.2) is 76.0 Å². The van der Waals surface area contributed by atoms with Gasteiger partial charge in [-0.2, -0.15) is 4.31 Å². The predicted molar refractivity (Wildman–Crippen MR) is 145 cm³/mol. The molecule has 1 N–H and O–H groups in total. The van der Waals surface area contributed by atoms with Crippen molar-refractivity contribution in [1.29, 1.82) is 0 Å². The fraction of sp³-hybridized carbons (Fsp3) is 0.321. The molecule has 2 atom stereocenters. The van der Waals surface area contributed by atoms with E-state index in [2.05, 4.69) is 5.32 Å². The second kappa shape index (κ2) is 11.4. The molecule has 0 saturated carbocycles. The predicted octanol–water partition coefficient (Wildman–Crippen LogP) is 2.90. The van der Waals surface area contributed by atoms with Crippen LogP contribution in [0.2, 0.25) is 0 Å². The molecule has 14 heteroatoms. The highest BCUT2D eigenvalue weighted by molar-refractivity contribution is 7.90. The molecule has 3 aliphatic heterocycles. The van der Waals surface area contributed by atoms with Gasteiger partial charge in [-0.3, -0.25) is 14.9 Å². The van der Waals surface area contributed by atoms with Crippen molar-refractivity contribution in [3.8, 4) is 0 Å². The van der Waals surface area contributed by atoms with Crippen LogP contribution in [0.3, 0.4) is 0 Å². The van der Waals surface area contributed by atoms with Crippen molar-refractivity contribution in [3.05, 3.63) is 92.3 Å². The van der Waals surface area contributed by atoms with E-state index in [1.165, 1.54) is 55.5 Å². The standard InChI is InChI=1S/C28H27N3O10S/c1-16-23(27(33)40-14-18-8-7-13-39-18)25(19-9-3-5-11-21(19)31(35)36)24(17(2)29-16)28(34)41-15-30-26(32)20-10-4-6-12-22(20)42(30,37)38/h3-6,9-12,18,25,29H,7-8,13-15H2,1-2H3. The lowest BCUT2D eigenvalue weighted by Gasteiger charge is -2.30. The largest absolute Gasteiger partial charge is 0.459 e. The van der Waals surface area contributed by atoms with Crippen LogP contribution in [0.4, 0.5) is 5.69 Å². The molecule has 1 saturated heterocycles. The van der Waals surface area contributed by atoms with E-state index >= 15 is 0 Å². The number of rotatable bonds is 8. The molecule has 13 nitrogen and oxygen atoms in total. The Morgan fingerprint density at radius 3 is 2.33 bits per heavy atom. The molecule has 0 bridgehead atoms. The number of sulfonamides is 1. The van der Waals surface area contributed by atoms with Crippen LogP contribution >= 0.6 is 0 Å². The SMILES string of the molecule is CC1=C(C(=O)OCC2CCCO2)C(c2ccccc2[N+](=O)[O-])C(C(=O)OCN2C(=O)c3ccccc3S2(=O)=O)=C(C)N1. The molecular weight excluding hydrogens is 570 g/mol. The smallest absolute Gasteiger partial charge is 0.338 e. The molecule has 1 amide bonds. The average Bonchev–Trinajstić information content (AvgIpc) is 3.55. The maximum absolute atomic E-state index is 13.6. The number of para-hydroxylation sites is 1. The highest BCUT2D eigenvalue weighted by atomic mass is 32.2. The first-order valence-electron chi connectivity index (χ1n) is 13.1. The van der Waals surface area contributed by atoms with E-state index in [9.17, 15) is 32.9 Å². The Hall–Kier alpha value is -4.56. The Morgan fingerprint density at radius 1 is 1.05 bits per heavy atom. The van der Waals surface area contributed by atoms with Gasteiger partial charge in [0, 0.05) is 29.6 Å². The fourth-order valence-electron chi connectivity index (χ4n) is 5.32. The van der Waals surface area contributed by atoms with E-state index in [-0.39, 0.29) is 51.3 Å². The van der Waals surface area contributed by atoms with Gasteiger partial charge in [-0.05, 0) is 38.8 Å². The quantitative estimate of drug-likeness (QED) is 0.269. The Labute approximate surface area is 240 Å². The highest BCUT2D eigenvalue weighted by Gasteiger charge is 2.44. The molecule has 3 heterocycles. The monoisotopic (exact) mass is 597 g/mol. The van der Waals surface area contributed by atoms with Gasteiger partial charge in [0.2, 0.25) is 0 Å². The van der Waals surface area contributed by atoms with Crippen molar-refractivity contribution in [3.63, 3.8) is 0 Å². The van der Waals surface area contributed by atoms with Crippen molar-refractivity contribution in [2.45, 2.75) is 43.6 Å². The van der Waals surface area contributed by atoms with Crippen LogP contribution in [0.5, 0.6) is 0 Å². The van der Waals surface area contributed by atoms with Crippen LogP contribution in [-0.4, -0.2) is 61.5 Å². The summed E-state index contributed by atoms with van der Waals surface area (Å²) in [6.45, 7) is 2.64. The van der Waals surface area contributed by atoms with Crippen LogP contribution in [0.25, 0.3) is 0 Å². The lowest BCUT2D eigenvalue weighted by Crippen LogP contribution is -2.36. The summed E-state index contributed by atoms with van der Waals surface area (Å²) in [6.07, 6.45) is 1.24. The maximum atomic E-state index is 13.6. The summed E-state index contributed by atoms with van der Waals surface area (Å²) < 4.78 is 42.7. The van der Waals surface area contributed by atoms with Gasteiger partial charge in [-0.1, -0.05) is 30.3 Å². The first-order chi connectivity index (χ1) is 20.0. The highest BCUT2D eigenvalue weighted by Crippen LogP contribution is 2.43. The summed E-state index contributed by atoms with van der Waals surface area (Å²) in [7, 11) is -4.28. The van der Waals surface area contributed by atoms with E-state index in [0.717, 1.165) is 6.42 Å². The lowest BCUT2D eigenvalue weighted by atomic mass is 9.79. The normalized spacial score (nSPS) is 21.2. The third-order valence-corrected chi connectivity index (χ3v) is 9.06. The second-order valence-electron chi connectivity index (χ2n) is 9.90. The Kier molecular flexibility index (Phi) is 7.84. The minimum absolute atomic E-state index is 0.0241. The van der Waals surface area contributed by atoms with Crippen LogP contribution < -0.4 is 5.32 Å². The molecule has 0 aliphatic carbocycles. The first kappa shape index (κ1) is 29.0. The van der Waals surface area contributed by atoms with Gasteiger partial charge in [-0.25, -0.2) is 18.0 Å². The summed E-state index contributed by atoms with van der Waals surface area (Å²) in [5, 5.41) is 14.9. The third kappa shape index (κ3) is 5.14. The number of hydrogen-bond acceptors (Lipinski definition) is 11. The van der Waals surface area contributed by atoms with Crippen LogP contribution in [-0.2, 0) is 33.8 Å². The molecule has 1 fully saturated rings. The summed E-state index contributed by atoms with van der Waals surface area (Å²) >= 11 is 0. The van der Waals surface area contributed by atoms with Crippen molar-refractivity contribution in [2.24, 2.45) is 0 Å². The number of benzene rings is 2. The number of nitrogens with one attached hydrogen (secondary N) is 1. The number of nitro groups is 1. The van der Waals surface area contributed by atoms with Gasteiger partial charge in [0.1, 0.15) is 11.5 Å². The number of ether oxygens (including phenoxy) is 3. The van der Waals surface area contributed by atoms with Crippen molar-refractivity contribution < 1.29 is 41.9 Å². The van der Waals surface area contributed by atoms with Gasteiger partial charge >= 0.3 is 11.9 Å². The fourth-order valence-corrected chi connectivity index (χ4v) is 6.75. The van der Waals surface area contributed by atoms with Crippen molar-refractivity contribution >= 4 is 33.6 Å². The number of dihydropyridines is 1. The molecule has 5 rings (SSSR count). The topological polar surface area (TPSA) is 171 Å². The Morgan fingerprint density at radius 2 is 1.69 bits per heavy atom. The van der Waals surface area contributed by atoms with E-state index in [1.807, 2.05) is 0 Å². The zero-order valence-corrected chi connectivity index (χ0v) is 23.5. The number of carbonyl (C=O) groups excluding carboxylic acids is 3. The summed E-state index contributed by atoms with van der Waals surface area (Å²) in [4.78, 5) is 51.1. The van der Waals surface area contributed by atoms with Gasteiger partial charge in [0.25, 0.3) is 21.6 Å². The van der Waals surface area contributed by atoms with Gasteiger partial charge < -0.3 is 19.5 Å². The molecule has 0 spiro atoms. The number of esters is 2. The maximum Gasteiger partial charge on any atom is 0.338 e. The van der Waals surface area contributed by atoms with Gasteiger partial charge in [0.05, 0.1) is 33.7 Å². The molecule has 2 aromatic carbocycles. The molecule has 0 radical (unpaired) electrons. The number of carbonyl (C=O) groups is 3. The number of nitro benzene ring substituents is 1. The van der Waals surface area contributed by atoms with Crippen molar-refractivity contribution in [2.75, 3.05) is 19.9 Å². The molecule has 3 aliphatic rings. The molecule has 220 valence electrons. The summed E-state index contributed by atoms with van der Waals surface area (Å²) in [6, 6.07) is 11.2. The van der Waals surface area contributed by atoms with Crippen LogP contribution in [0, 0.1) is 10.1 Å². The molecule has 2 unspecified atom stereocenters. The summed E-state index contributed by atoms with van der Waals surface area (Å²) in [5.41, 5.74) is -0.107. The number of allylic oxidation sites excluding steroid dienone is 2. The average molecular weight is 598 g/mol. The van der Waals surface area contributed by atoms with E-state index < -0.39 is 45.4 Å². The summed E-state index contributed by atoms with van der Waals surface area (Å²) in [5.74, 6) is -4.07. The van der Waals surface area contributed by atoms with Crippen LogP contribution in [0.1, 0.15) is 48.5 Å². The van der Waals surface area contributed by atoms with Gasteiger partial charge in [0.15, 0.2) is 6.73 Å². The zero-order valence-electron chi connectivity index (χ0n) is 22.7. The molecule has 0 aromatic heterocycles. The second-order valence-corrected chi connectivity index (χ2v) is 11.7. The Bertz CT molecular complexity index is 1660.